The van der Waals surface area contributed by atoms with E-state index in [9.17, 15) is 4.79 Å². The van der Waals surface area contributed by atoms with Gasteiger partial charge in [0.25, 0.3) is 5.91 Å². The van der Waals surface area contributed by atoms with E-state index in [1.807, 2.05) is 23.1 Å². The number of nitrogens with zero attached hydrogens (tertiary/aromatic N) is 2. The summed E-state index contributed by atoms with van der Waals surface area (Å²) in [5.74, 6) is 0.0595. The minimum atomic E-state index is 0.0595. The van der Waals surface area contributed by atoms with Crippen LogP contribution in [-0.4, -0.2) is 23.5 Å². The van der Waals surface area contributed by atoms with Crippen molar-refractivity contribution < 1.29 is 4.79 Å². The van der Waals surface area contributed by atoms with E-state index in [0.29, 0.717) is 29.3 Å². The zero-order chi connectivity index (χ0) is 20.8. The standard InChI is InChI=1S/C25H22Cl2N2O/c1-16-4-2-3-5-20(16)18-7-10-21-24(13-18)29(19-8-9-19)15-28(25(21)30)14-17-6-11-22(26)23(27)12-17/h2-7,10-13,19H,8-9,14-15H2,1H3. The zero-order valence-electron chi connectivity index (χ0n) is 16.7. The van der Waals surface area contributed by atoms with Crippen LogP contribution < -0.4 is 4.90 Å². The number of rotatable bonds is 4. The number of carbonyl (C=O) groups is 1. The van der Waals surface area contributed by atoms with Crippen LogP contribution in [0, 0.1) is 6.92 Å². The van der Waals surface area contributed by atoms with Gasteiger partial charge in [-0.1, -0.05) is 59.6 Å². The molecule has 0 unspecified atom stereocenters. The number of carbonyl (C=O) groups excluding carboxylic acids is 1. The molecule has 0 atom stereocenters. The summed E-state index contributed by atoms with van der Waals surface area (Å²) in [5, 5.41) is 1.04. The second-order valence-corrected chi connectivity index (χ2v) is 8.96. The van der Waals surface area contributed by atoms with Gasteiger partial charge in [0.15, 0.2) is 0 Å². The van der Waals surface area contributed by atoms with Gasteiger partial charge in [-0.2, -0.15) is 0 Å². The minimum Gasteiger partial charge on any atom is -0.350 e. The first-order chi connectivity index (χ1) is 14.5. The Morgan fingerprint density at radius 2 is 1.73 bits per heavy atom. The first-order valence-corrected chi connectivity index (χ1v) is 11.0. The fourth-order valence-corrected chi connectivity index (χ4v) is 4.51. The van der Waals surface area contributed by atoms with E-state index in [0.717, 1.165) is 22.4 Å². The van der Waals surface area contributed by atoms with Gasteiger partial charge in [0, 0.05) is 12.6 Å². The monoisotopic (exact) mass is 436 g/mol. The van der Waals surface area contributed by atoms with Gasteiger partial charge in [-0.05, 0) is 66.3 Å². The third kappa shape index (κ3) is 3.57. The van der Waals surface area contributed by atoms with Crippen molar-refractivity contribution in [3.8, 4) is 11.1 Å². The van der Waals surface area contributed by atoms with E-state index in [2.05, 4.69) is 48.2 Å². The molecule has 2 aliphatic rings. The Bertz CT molecular complexity index is 1140. The van der Waals surface area contributed by atoms with Gasteiger partial charge in [-0.3, -0.25) is 4.79 Å². The van der Waals surface area contributed by atoms with E-state index < -0.39 is 0 Å². The molecule has 3 nitrogen and oxygen atoms in total. The summed E-state index contributed by atoms with van der Waals surface area (Å²) in [7, 11) is 0. The smallest absolute Gasteiger partial charge is 0.257 e. The molecule has 0 spiro atoms. The molecule has 152 valence electrons. The number of aryl methyl sites for hydroxylation is 1. The van der Waals surface area contributed by atoms with Crippen molar-refractivity contribution in [2.45, 2.75) is 32.4 Å². The molecule has 1 fully saturated rings. The Morgan fingerprint density at radius 3 is 2.47 bits per heavy atom. The average molecular weight is 437 g/mol. The number of amides is 1. The summed E-state index contributed by atoms with van der Waals surface area (Å²) in [5.41, 5.74) is 6.40. The summed E-state index contributed by atoms with van der Waals surface area (Å²) >= 11 is 12.2. The van der Waals surface area contributed by atoms with Gasteiger partial charge in [-0.25, -0.2) is 0 Å². The third-order valence-electron chi connectivity index (χ3n) is 5.95. The zero-order valence-corrected chi connectivity index (χ0v) is 18.2. The molecule has 0 bridgehead atoms. The molecule has 1 amide bonds. The minimum absolute atomic E-state index is 0.0595. The van der Waals surface area contributed by atoms with E-state index in [1.165, 1.54) is 24.0 Å². The Kier molecular flexibility index (Phi) is 4.96. The highest BCUT2D eigenvalue weighted by Crippen LogP contribution is 2.40. The van der Waals surface area contributed by atoms with Crippen LogP contribution in [0.3, 0.4) is 0 Å². The van der Waals surface area contributed by atoms with Gasteiger partial charge in [-0.15, -0.1) is 0 Å². The lowest BCUT2D eigenvalue weighted by Crippen LogP contribution is -2.47. The molecule has 0 radical (unpaired) electrons. The molecule has 30 heavy (non-hydrogen) atoms. The Hall–Kier alpha value is -2.49. The van der Waals surface area contributed by atoms with Crippen LogP contribution in [0.15, 0.2) is 60.7 Å². The van der Waals surface area contributed by atoms with Crippen molar-refractivity contribution in [3.05, 3.63) is 87.4 Å². The summed E-state index contributed by atoms with van der Waals surface area (Å²) in [4.78, 5) is 17.6. The molecule has 1 saturated carbocycles. The maximum Gasteiger partial charge on any atom is 0.257 e. The van der Waals surface area contributed by atoms with Crippen LogP contribution in [0.2, 0.25) is 10.0 Å². The van der Waals surface area contributed by atoms with Crippen molar-refractivity contribution in [2.75, 3.05) is 11.6 Å². The topological polar surface area (TPSA) is 23.6 Å². The summed E-state index contributed by atoms with van der Waals surface area (Å²) in [6.07, 6.45) is 2.34. The first kappa shape index (κ1) is 19.5. The van der Waals surface area contributed by atoms with Crippen molar-refractivity contribution in [1.29, 1.82) is 0 Å². The molecule has 0 aromatic heterocycles. The largest absolute Gasteiger partial charge is 0.350 e. The summed E-state index contributed by atoms with van der Waals surface area (Å²) in [6.45, 7) is 3.23. The van der Waals surface area contributed by atoms with E-state index in [1.54, 1.807) is 6.07 Å². The Balaban J connectivity index is 1.50. The SMILES string of the molecule is Cc1ccccc1-c1ccc2c(c1)N(C1CC1)CN(Cc1ccc(Cl)c(Cl)c1)C2=O. The second kappa shape index (κ2) is 7.64. The van der Waals surface area contributed by atoms with Crippen LogP contribution in [0.4, 0.5) is 5.69 Å². The average Bonchev–Trinajstić information content (AvgIpc) is 3.58. The predicted molar refractivity (Wildman–Crippen MR) is 123 cm³/mol. The highest BCUT2D eigenvalue weighted by molar-refractivity contribution is 6.42. The van der Waals surface area contributed by atoms with Crippen molar-refractivity contribution in [3.63, 3.8) is 0 Å². The molecule has 1 aliphatic heterocycles. The first-order valence-electron chi connectivity index (χ1n) is 10.2. The number of benzene rings is 3. The molecule has 0 saturated heterocycles. The molecule has 5 heteroatoms. The van der Waals surface area contributed by atoms with Gasteiger partial charge in [0.05, 0.1) is 28.0 Å². The summed E-state index contributed by atoms with van der Waals surface area (Å²) < 4.78 is 0. The number of fused-ring (bicyclic) bond motifs is 1. The van der Waals surface area contributed by atoms with Crippen molar-refractivity contribution >= 4 is 34.8 Å². The van der Waals surface area contributed by atoms with Crippen LogP contribution in [0.1, 0.15) is 34.3 Å². The Labute approximate surface area is 186 Å². The quantitative estimate of drug-likeness (QED) is 0.462. The molecular formula is C25H22Cl2N2O. The fraction of sp³-hybridized carbons (Fsp3) is 0.240. The number of hydrogen-bond acceptors (Lipinski definition) is 2. The predicted octanol–water partition coefficient (Wildman–Crippen LogP) is 6.55. The molecule has 3 aromatic rings. The van der Waals surface area contributed by atoms with Crippen LogP contribution >= 0.6 is 23.2 Å². The highest BCUT2D eigenvalue weighted by Gasteiger charge is 2.37. The lowest BCUT2D eigenvalue weighted by molar-refractivity contribution is 0.0727. The van der Waals surface area contributed by atoms with Crippen LogP contribution in [0.25, 0.3) is 11.1 Å². The second-order valence-electron chi connectivity index (χ2n) is 8.14. The lowest BCUT2D eigenvalue weighted by Gasteiger charge is -2.38. The molecule has 3 aromatic carbocycles. The molecule has 1 aliphatic carbocycles. The normalized spacial score (nSPS) is 16.0. The van der Waals surface area contributed by atoms with Crippen LogP contribution in [-0.2, 0) is 6.54 Å². The molecule has 5 rings (SSSR count). The Morgan fingerprint density at radius 1 is 0.933 bits per heavy atom. The molecule has 1 heterocycles. The van der Waals surface area contributed by atoms with Crippen molar-refractivity contribution in [1.82, 2.24) is 4.90 Å². The van der Waals surface area contributed by atoms with Crippen molar-refractivity contribution in [2.24, 2.45) is 0 Å². The highest BCUT2D eigenvalue weighted by atomic mass is 35.5. The van der Waals surface area contributed by atoms with E-state index >= 15 is 0 Å². The van der Waals surface area contributed by atoms with Gasteiger partial charge >= 0.3 is 0 Å². The number of anilines is 1. The lowest BCUT2D eigenvalue weighted by atomic mass is 9.96. The molecule has 0 N–H and O–H groups in total. The maximum atomic E-state index is 13.3. The number of halogens is 2. The fourth-order valence-electron chi connectivity index (χ4n) is 4.19. The maximum absolute atomic E-state index is 13.3. The van der Waals surface area contributed by atoms with Gasteiger partial charge in [0.2, 0.25) is 0 Å². The van der Waals surface area contributed by atoms with Gasteiger partial charge in [0.1, 0.15) is 0 Å². The summed E-state index contributed by atoms with van der Waals surface area (Å²) in [6, 6.07) is 20.7. The third-order valence-corrected chi connectivity index (χ3v) is 6.69. The number of hydrogen-bond donors (Lipinski definition) is 0. The molecular weight excluding hydrogens is 415 g/mol. The van der Waals surface area contributed by atoms with E-state index in [-0.39, 0.29) is 5.91 Å². The van der Waals surface area contributed by atoms with E-state index in [4.69, 9.17) is 23.2 Å². The van der Waals surface area contributed by atoms with Gasteiger partial charge < -0.3 is 9.80 Å². The van der Waals surface area contributed by atoms with Crippen LogP contribution in [0.5, 0.6) is 0 Å².